The highest BCUT2D eigenvalue weighted by Crippen LogP contribution is 2.28. The molecule has 1 saturated heterocycles. The lowest BCUT2D eigenvalue weighted by molar-refractivity contribution is -0.130. The number of carbonyl (C=O) groups excluding carboxylic acids is 1. The molecule has 0 aromatic heterocycles. The second-order valence-corrected chi connectivity index (χ2v) is 6.14. The normalized spacial score (nSPS) is 18.1. The Morgan fingerprint density at radius 1 is 1.36 bits per heavy atom. The molecule has 1 aromatic carbocycles. The number of rotatable bonds is 6. The minimum Gasteiger partial charge on any atom is -0.303 e. The largest absolute Gasteiger partial charge is 0.303 e. The topological polar surface area (TPSA) is 52.6 Å². The van der Waals surface area contributed by atoms with Gasteiger partial charge in [0.25, 0.3) is 0 Å². The highest BCUT2D eigenvalue weighted by Gasteiger charge is 2.23. The van der Waals surface area contributed by atoms with Gasteiger partial charge in [0.2, 0.25) is 5.91 Å². The van der Waals surface area contributed by atoms with Gasteiger partial charge in [-0.25, -0.2) is 9.87 Å². The third-order valence-corrected chi connectivity index (χ3v) is 4.62. The van der Waals surface area contributed by atoms with Gasteiger partial charge in [0.05, 0.1) is 0 Å². The summed E-state index contributed by atoms with van der Waals surface area (Å²) in [4.78, 5) is 13.7. The number of amides is 1. The van der Waals surface area contributed by atoms with Gasteiger partial charge in [-0.05, 0) is 55.5 Å². The van der Waals surface area contributed by atoms with Crippen LogP contribution in [0.25, 0.3) is 0 Å². The second kappa shape index (κ2) is 8.25. The van der Waals surface area contributed by atoms with Gasteiger partial charge in [-0.1, -0.05) is 25.5 Å². The molecule has 1 aromatic rings. The summed E-state index contributed by atoms with van der Waals surface area (Å²) in [6, 6.07) is 6.83. The molecule has 1 fully saturated rings. The average molecular weight is 308 g/mol. The Bertz CT molecular complexity index is 470. The van der Waals surface area contributed by atoms with Crippen molar-refractivity contribution in [2.45, 2.75) is 38.5 Å². The van der Waals surface area contributed by atoms with Crippen molar-refractivity contribution in [1.82, 2.24) is 10.4 Å². The van der Waals surface area contributed by atoms with Crippen LogP contribution in [0.1, 0.15) is 44.1 Å². The first-order valence-electron chi connectivity index (χ1n) is 8.03. The van der Waals surface area contributed by atoms with Crippen molar-refractivity contribution in [3.05, 3.63) is 35.6 Å². The van der Waals surface area contributed by atoms with E-state index in [0.29, 0.717) is 12.3 Å². The second-order valence-electron chi connectivity index (χ2n) is 6.14. The number of halogens is 1. The molecule has 0 radical (unpaired) electrons. The fourth-order valence-electron chi connectivity index (χ4n) is 3.19. The maximum atomic E-state index is 13.0. The van der Waals surface area contributed by atoms with Crippen LogP contribution in [-0.4, -0.2) is 35.6 Å². The van der Waals surface area contributed by atoms with Crippen LogP contribution in [0.2, 0.25) is 0 Å². The van der Waals surface area contributed by atoms with Gasteiger partial charge in [-0.2, -0.15) is 0 Å². The Morgan fingerprint density at radius 2 is 2.00 bits per heavy atom. The van der Waals surface area contributed by atoms with Gasteiger partial charge >= 0.3 is 0 Å². The van der Waals surface area contributed by atoms with Crippen molar-refractivity contribution in [2.24, 2.45) is 5.92 Å². The van der Waals surface area contributed by atoms with Crippen LogP contribution in [-0.2, 0) is 4.79 Å². The maximum Gasteiger partial charge on any atom is 0.243 e. The van der Waals surface area contributed by atoms with E-state index < -0.39 is 0 Å². The first kappa shape index (κ1) is 16.9. The van der Waals surface area contributed by atoms with Crippen molar-refractivity contribution in [3.8, 4) is 0 Å². The molecule has 2 N–H and O–H groups in total. The van der Waals surface area contributed by atoms with E-state index in [1.165, 1.54) is 17.7 Å². The van der Waals surface area contributed by atoms with E-state index in [0.717, 1.165) is 38.9 Å². The minimum absolute atomic E-state index is 0.186. The molecular weight excluding hydrogens is 283 g/mol. The fourth-order valence-corrected chi connectivity index (χ4v) is 3.19. The molecule has 1 heterocycles. The van der Waals surface area contributed by atoms with Gasteiger partial charge in [-0.15, -0.1) is 0 Å². The Morgan fingerprint density at radius 3 is 2.55 bits per heavy atom. The molecule has 2 rings (SSSR count). The summed E-state index contributed by atoms with van der Waals surface area (Å²) in [6.45, 7) is 4.96. The standard InChI is InChI=1S/C17H25FN2O2/c1-2-13(11-17(21)19-22)12-20-9-7-15(8-10-20)14-3-5-16(18)6-4-14/h3-6,13,15,22H,2,7-12H2,1H3,(H,19,21). The molecule has 1 unspecified atom stereocenters. The number of nitrogens with zero attached hydrogens (tertiary/aromatic N) is 1. The molecule has 1 atom stereocenters. The highest BCUT2D eigenvalue weighted by molar-refractivity contribution is 5.74. The number of hydrogen-bond donors (Lipinski definition) is 2. The van der Waals surface area contributed by atoms with Gasteiger partial charge < -0.3 is 4.90 Å². The monoisotopic (exact) mass is 308 g/mol. The maximum absolute atomic E-state index is 13.0. The molecule has 5 heteroatoms. The summed E-state index contributed by atoms with van der Waals surface area (Å²) in [6.07, 6.45) is 3.42. The van der Waals surface area contributed by atoms with Crippen LogP contribution in [0.15, 0.2) is 24.3 Å². The van der Waals surface area contributed by atoms with Crippen LogP contribution >= 0.6 is 0 Å². The molecule has 0 spiro atoms. The third kappa shape index (κ3) is 4.78. The quantitative estimate of drug-likeness (QED) is 0.627. The summed E-state index contributed by atoms with van der Waals surface area (Å²) in [5, 5.41) is 8.63. The van der Waals surface area contributed by atoms with E-state index in [1.54, 1.807) is 5.48 Å². The minimum atomic E-state index is -0.312. The summed E-state index contributed by atoms with van der Waals surface area (Å²) < 4.78 is 13.0. The summed E-state index contributed by atoms with van der Waals surface area (Å²) in [7, 11) is 0. The van der Waals surface area contributed by atoms with Crippen LogP contribution in [0.4, 0.5) is 4.39 Å². The van der Waals surface area contributed by atoms with Gasteiger partial charge in [0, 0.05) is 13.0 Å². The zero-order valence-electron chi connectivity index (χ0n) is 13.1. The number of likely N-dealkylation sites (tertiary alicyclic amines) is 1. The fraction of sp³-hybridized carbons (Fsp3) is 0.588. The number of hydrogen-bond acceptors (Lipinski definition) is 3. The van der Waals surface area contributed by atoms with E-state index >= 15 is 0 Å². The molecule has 1 aliphatic rings. The molecule has 1 amide bonds. The summed E-state index contributed by atoms with van der Waals surface area (Å²) >= 11 is 0. The molecule has 1 aliphatic heterocycles. The lowest BCUT2D eigenvalue weighted by Crippen LogP contribution is -2.37. The van der Waals surface area contributed by atoms with E-state index in [2.05, 4.69) is 11.8 Å². The lowest BCUT2D eigenvalue weighted by Gasteiger charge is -2.34. The van der Waals surface area contributed by atoms with Crippen LogP contribution in [0, 0.1) is 11.7 Å². The zero-order valence-corrected chi connectivity index (χ0v) is 13.1. The first-order valence-corrected chi connectivity index (χ1v) is 8.03. The third-order valence-electron chi connectivity index (χ3n) is 4.62. The average Bonchev–Trinajstić information content (AvgIpc) is 2.55. The first-order chi connectivity index (χ1) is 10.6. The van der Waals surface area contributed by atoms with E-state index in [4.69, 9.17) is 5.21 Å². The number of benzene rings is 1. The van der Waals surface area contributed by atoms with Gasteiger partial charge in [0.1, 0.15) is 5.82 Å². The van der Waals surface area contributed by atoms with Crippen molar-refractivity contribution in [1.29, 1.82) is 0 Å². The van der Waals surface area contributed by atoms with Gasteiger partial charge in [-0.3, -0.25) is 10.0 Å². The Balaban J connectivity index is 1.81. The predicted molar refractivity (Wildman–Crippen MR) is 83.1 cm³/mol. The Labute approximate surface area is 131 Å². The number of nitrogens with one attached hydrogen (secondary N) is 1. The SMILES string of the molecule is CCC(CC(=O)NO)CN1CCC(c2ccc(F)cc2)CC1. The zero-order chi connectivity index (χ0) is 15.9. The van der Waals surface area contributed by atoms with Gasteiger partial charge in [0.15, 0.2) is 0 Å². The van der Waals surface area contributed by atoms with E-state index in [-0.39, 0.29) is 17.6 Å². The lowest BCUT2D eigenvalue weighted by atomic mass is 9.89. The van der Waals surface area contributed by atoms with Crippen molar-refractivity contribution in [3.63, 3.8) is 0 Å². The predicted octanol–water partition coefficient (Wildman–Crippen LogP) is 2.93. The summed E-state index contributed by atoms with van der Waals surface area (Å²) in [5.74, 6) is 0.273. The molecular formula is C17H25FN2O2. The molecule has 0 aliphatic carbocycles. The number of hydroxylamine groups is 1. The molecule has 122 valence electrons. The van der Waals surface area contributed by atoms with E-state index in [9.17, 15) is 9.18 Å². The van der Waals surface area contributed by atoms with Crippen LogP contribution < -0.4 is 5.48 Å². The molecule has 4 nitrogen and oxygen atoms in total. The summed E-state index contributed by atoms with van der Waals surface area (Å²) in [5.41, 5.74) is 2.93. The Hall–Kier alpha value is -1.46. The van der Waals surface area contributed by atoms with E-state index in [1.807, 2.05) is 12.1 Å². The van der Waals surface area contributed by atoms with Crippen LogP contribution in [0.3, 0.4) is 0 Å². The smallest absolute Gasteiger partial charge is 0.243 e. The van der Waals surface area contributed by atoms with Crippen molar-refractivity contribution >= 4 is 5.91 Å². The van der Waals surface area contributed by atoms with Crippen LogP contribution in [0.5, 0.6) is 0 Å². The highest BCUT2D eigenvalue weighted by atomic mass is 19.1. The Kier molecular flexibility index (Phi) is 6.34. The van der Waals surface area contributed by atoms with Crippen molar-refractivity contribution in [2.75, 3.05) is 19.6 Å². The number of carbonyl (C=O) groups is 1. The number of piperidine rings is 1. The molecule has 0 saturated carbocycles. The molecule has 0 bridgehead atoms. The van der Waals surface area contributed by atoms with Crippen molar-refractivity contribution < 1.29 is 14.4 Å². The molecule has 22 heavy (non-hydrogen) atoms.